The molecule has 4 nitrogen and oxygen atoms in total. The van der Waals surface area contributed by atoms with E-state index in [9.17, 15) is 4.79 Å². The van der Waals surface area contributed by atoms with Crippen molar-refractivity contribution in [3.63, 3.8) is 0 Å². The molecule has 0 aliphatic rings. The summed E-state index contributed by atoms with van der Waals surface area (Å²) in [6, 6.07) is 0. The quantitative estimate of drug-likeness (QED) is 0.400. The maximum atomic E-state index is 9.25. The topological polar surface area (TPSA) is 77.8 Å². The molecule has 4 heteroatoms. The lowest BCUT2D eigenvalue weighted by Gasteiger charge is -2.03. The zero-order valence-corrected chi connectivity index (χ0v) is 6.69. The molecule has 0 fully saturated rings. The predicted molar refractivity (Wildman–Crippen MR) is 40.9 cm³/mol. The van der Waals surface area contributed by atoms with Crippen LogP contribution in [0, 0.1) is 5.92 Å². The van der Waals surface area contributed by atoms with Crippen molar-refractivity contribution >= 4 is 5.97 Å². The Kier molecular flexibility index (Phi) is 8.41. The predicted octanol–water partition coefficient (Wildman–Crippen LogP) is 0.210. The molecule has 0 saturated heterocycles. The second-order valence-corrected chi connectivity index (χ2v) is 2.20. The molecule has 0 aliphatic heterocycles. The molecule has 0 aromatic carbocycles. The molecule has 0 atom stereocenters. The smallest absolute Gasteiger partial charge is 0.327 e. The molecule has 0 aliphatic carbocycles. The minimum atomic E-state index is -1.15. The summed E-state index contributed by atoms with van der Waals surface area (Å²) in [5, 5.41) is 24.0. The maximum Gasteiger partial charge on any atom is 0.327 e. The fraction of sp³-hybridized carbons (Fsp3) is 0.571. The third-order valence-corrected chi connectivity index (χ3v) is 0.771. The monoisotopic (exact) mass is 162 g/mol. The normalized spacial score (nSPS) is 8.91. The van der Waals surface area contributed by atoms with E-state index in [2.05, 4.69) is 6.58 Å². The zero-order chi connectivity index (χ0) is 9.44. The molecule has 66 valence electrons. The van der Waals surface area contributed by atoms with E-state index in [0.29, 0.717) is 0 Å². The Balaban J connectivity index is 0. The van der Waals surface area contributed by atoms with E-state index >= 15 is 0 Å². The summed E-state index contributed by atoms with van der Waals surface area (Å²) in [5.41, 5.74) is 0. The van der Waals surface area contributed by atoms with Crippen LogP contribution in [0.5, 0.6) is 0 Å². The molecule has 0 heterocycles. The lowest BCUT2D eigenvalue weighted by molar-refractivity contribution is -0.131. The van der Waals surface area contributed by atoms with Crippen LogP contribution in [-0.4, -0.2) is 27.6 Å². The van der Waals surface area contributed by atoms with Crippen LogP contribution in [0.3, 0.4) is 0 Å². The summed E-state index contributed by atoms with van der Waals surface area (Å²) in [5.74, 6) is -1.02. The van der Waals surface area contributed by atoms with Crippen molar-refractivity contribution in [2.75, 3.05) is 0 Å². The fourth-order valence-electron chi connectivity index (χ4n) is 0. The van der Waals surface area contributed by atoms with E-state index in [4.69, 9.17) is 15.3 Å². The Morgan fingerprint density at radius 1 is 1.45 bits per heavy atom. The van der Waals surface area contributed by atoms with Gasteiger partial charge >= 0.3 is 5.97 Å². The molecule has 0 spiro atoms. The standard InChI is InChI=1S/C4H10O2.C3H4O2/c1-3(2)4(5)6;1-2-3(4)5/h3-6H,1-2H3;2H,1H2,(H,4,5). The molecule has 0 radical (unpaired) electrons. The molecule has 0 amide bonds. The number of hydrogen-bond donors (Lipinski definition) is 3. The van der Waals surface area contributed by atoms with Gasteiger partial charge in [0.05, 0.1) is 0 Å². The van der Waals surface area contributed by atoms with E-state index in [1.165, 1.54) is 0 Å². The third-order valence-electron chi connectivity index (χ3n) is 0.771. The van der Waals surface area contributed by atoms with Crippen LogP contribution in [0.25, 0.3) is 0 Å². The number of carbonyl (C=O) groups is 1. The average Bonchev–Trinajstić information content (AvgIpc) is 1.89. The molecule has 11 heavy (non-hydrogen) atoms. The average molecular weight is 162 g/mol. The Morgan fingerprint density at radius 2 is 1.64 bits per heavy atom. The van der Waals surface area contributed by atoms with E-state index < -0.39 is 12.3 Å². The molecule has 0 unspecified atom stereocenters. The van der Waals surface area contributed by atoms with Crippen molar-refractivity contribution in [2.24, 2.45) is 5.92 Å². The summed E-state index contributed by atoms with van der Waals surface area (Å²) >= 11 is 0. The molecule has 0 bridgehead atoms. The third kappa shape index (κ3) is 17.6. The summed E-state index contributed by atoms with van der Waals surface area (Å²) < 4.78 is 0. The highest BCUT2D eigenvalue weighted by molar-refractivity contribution is 5.78. The molecule has 0 aromatic heterocycles. The lowest BCUT2D eigenvalue weighted by Crippen LogP contribution is -2.11. The summed E-state index contributed by atoms with van der Waals surface area (Å²) in [6.07, 6.45) is -0.315. The molecule has 3 N–H and O–H groups in total. The van der Waals surface area contributed by atoms with Crippen LogP contribution in [0.4, 0.5) is 0 Å². The highest BCUT2D eigenvalue weighted by Gasteiger charge is 1.99. The van der Waals surface area contributed by atoms with Crippen LogP contribution in [-0.2, 0) is 4.79 Å². The number of aliphatic carboxylic acids is 1. The van der Waals surface area contributed by atoms with Crippen LogP contribution >= 0.6 is 0 Å². The van der Waals surface area contributed by atoms with Crippen molar-refractivity contribution < 1.29 is 20.1 Å². The number of rotatable bonds is 2. The van der Waals surface area contributed by atoms with Crippen LogP contribution in [0.1, 0.15) is 13.8 Å². The van der Waals surface area contributed by atoms with Gasteiger partial charge in [-0.15, -0.1) is 0 Å². The fourth-order valence-corrected chi connectivity index (χ4v) is 0. The van der Waals surface area contributed by atoms with Gasteiger partial charge in [0.1, 0.15) is 0 Å². The zero-order valence-electron chi connectivity index (χ0n) is 6.69. The summed E-state index contributed by atoms with van der Waals surface area (Å²) in [7, 11) is 0. The number of aliphatic hydroxyl groups is 2. The Labute approximate surface area is 65.8 Å². The van der Waals surface area contributed by atoms with Crippen LogP contribution in [0.15, 0.2) is 12.7 Å². The van der Waals surface area contributed by atoms with Crippen molar-refractivity contribution in [3.8, 4) is 0 Å². The van der Waals surface area contributed by atoms with Gasteiger partial charge in [-0.25, -0.2) is 4.79 Å². The van der Waals surface area contributed by atoms with Crippen LogP contribution < -0.4 is 0 Å². The highest BCUT2D eigenvalue weighted by atomic mass is 16.5. The van der Waals surface area contributed by atoms with Crippen molar-refractivity contribution in [2.45, 2.75) is 20.1 Å². The first-order chi connectivity index (χ1) is 4.91. The number of hydrogen-bond acceptors (Lipinski definition) is 3. The molecule has 0 rings (SSSR count). The molecular formula is C7H14O4. The van der Waals surface area contributed by atoms with Gasteiger partial charge in [-0.2, -0.15) is 0 Å². The minimum Gasteiger partial charge on any atom is -0.478 e. The van der Waals surface area contributed by atoms with Gasteiger partial charge in [0.15, 0.2) is 6.29 Å². The first kappa shape index (κ1) is 12.8. The van der Waals surface area contributed by atoms with Gasteiger partial charge in [-0.3, -0.25) is 0 Å². The molecule has 0 aromatic rings. The highest BCUT2D eigenvalue weighted by Crippen LogP contribution is 1.93. The van der Waals surface area contributed by atoms with Gasteiger partial charge in [0.2, 0.25) is 0 Å². The SMILES string of the molecule is C=CC(=O)O.CC(C)C(O)O. The van der Waals surface area contributed by atoms with E-state index in [1.807, 2.05) is 0 Å². The molecular weight excluding hydrogens is 148 g/mol. The largest absolute Gasteiger partial charge is 0.478 e. The number of carboxylic acid groups (broad SMARTS) is 1. The number of carboxylic acids is 1. The second-order valence-electron chi connectivity index (χ2n) is 2.20. The molecule has 0 saturated carbocycles. The Morgan fingerprint density at radius 3 is 1.64 bits per heavy atom. The van der Waals surface area contributed by atoms with E-state index in [1.54, 1.807) is 13.8 Å². The van der Waals surface area contributed by atoms with Crippen molar-refractivity contribution in [1.29, 1.82) is 0 Å². The first-order valence-corrected chi connectivity index (χ1v) is 3.13. The van der Waals surface area contributed by atoms with Crippen molar-refractivity contribution in [3.05, 3.63) is 12.7 Å². The van der Waals surface area contributed by atoms with Crippen LogP contribution in [0.2, 0.25) is 0 Å². The number of aliphatic hydroxyl groups excluding tert-OH is 1. The summed E-state index contributed by atoms with van der Waals surface area (Å²) in [4.78, 5) is 9.25. The van der Waals surface area contributed by atoms with E-state index in [-0.39, 0.29) is 5.92 Å². The maximum absolute atomic E-state index is 9.25. The lowest BCUT2D eigenvalue weighted by atomic mass is 10.2. The Bertz CT molecular complexity index is 112. The van der Waals surface area contributed by atoms with Gasteiger partial charge in [-0.05, 0) is 0 Å². The van der Waals surface area contributed by atoms with Gasteiger partial charge in [-0.1, -0.05) is 20.4 Å². The van der Waals surface area contributed by atoms with E-state index in [0.717, 1.165) is 6.08 Å². The van der Waals surface area contributed by atoms with Crippen molar-refractivity contribution in [1.82, 2.24) is 0 Å². The van der Waals surface area contributed by atoms with Gasteiger partial charge in [0, 0.05) is 12.0 Å². The van der Waals surface area contributed by atoms with Gasteiger partial charge in [0.25, 0.3) is 0 Å². The minimum absolute atomic E-state index is 0.0370. The summed E-state index contributed by atoms with van der Waals surface area (Å²) in [6.45, 7) is 6.44. The first-order valence-electron chi connectivity index (χ1n) is 3.13. The second kappa shape index (κ2) is 7.24. The Hall–Kier alpha value is -0.870. The van der Waals surface area contributed by atoms with Gasteiger partial charge < -0.3 is 15.3 Å².